The molecule has 84 valence electrons. The zero-order valence-corrected chi connectivity index (χ0v) is 9.03. The largest absolute Gasteiger partial charge is 0.481 e. The second-order valence-electron chi connectivity index (χ2n) is 3.40. The first kappa shape index (κ1) is 11.6. The van der Waals surface area contributed by atoms with E-state index < -0.39 is 5.97 Å². The van der Waals surface area contributed by atoms with Gasteiger partial charge >= 0.3 is 5.97 Å². The van der Waals surface area contributed by atoms with Crippen LogP contribution < -0.4 is 5.32 Å². The number of aryl methyl sites for hydroxylation is 1. The average molecular weight is 212 g/mol. The Kier molecular flexibility index (Phi) is 4.23. The Bertz CT molecular complexity index is 335. The molecule has 0 spiro atoms. The first-order valence-electron chi connectivity index (χ1n) is 4.88. The molecule has 0 aromatic carbocycles. The predicted molar refractivity (Wildman–Crippen MR) is 54.3 cm³/mol. The molecule has 6 heteroatoms. The first-order valence-corrected chi connectivity index (χ1v) is 4.88. The van der Waals surface area contributed by atoms with Gasteiger partial charge in [0.25, 0.3) is 0 Å². The van der Waals surface area contributed by atoms with Crippen LogP contribution in [0.1, 0.15) is 24.5 Å². The van der Waals surface area contributed by atoms with Crippen LogP contribution in [0, 0.1) is 6.92 Å². The molecule has 0 aliphatic rings. The van der Waals surface area contributed by atoms with Gasteiger partial charge in [-0.15, -0.1) is 10.2 Å². The average Bonchev–Trinajstić information content (AvgIpc) is 2.48. The van der Waals surface area contributed by atoms with Crippen LogP contribution in [-0.4, -0.2) is 32.4 Å². The highest BCUT2D eigenvalue weighted by Crippen LogP contribution is 1.96. The van der Waals surface area contributed by atoms with Gasteiger partial charge in [-0.2, -0.15) is 0 Å². The van der Waals surface area contributed by atoms with Crippen LogP contribution in [-0.2, 0) is 18.4 Å². The van der Waals surface area contributed by atoms with Crippen molar-refractivity contribution in [3.8, 4) is 0 Å². The van der Waals surface area contributed by atoms with Gasteiger partial charge in [-0.3, -0.25) is 4.79 Å². The highest BCUT2D eigenvalue weighted by atomic mass is 16.4. The van der Waals surface area contributed by atoms with Crippen molar-refractivity contribution in [1.82, 2.24) is 20.1 Å². The van der Waals surface area contributed by atoms with Gasteiger partial charge < -0.3 is 15.0 Å². The summed E-state index contributed by atoms with van der Waals surface area (Å²) in [7, 11) is 1.91. The van der Waals surface area contributed by atoms with Crippen molar-refractivity contribution in [2.75, 3.05) is 6.54 Å². The second-order valence-corrected chi connectivity index (χ2v) is 3.40. The fourth-order valence-corrected chi connectivity index (χ4v) is 1.17. The van der Waals surface area contributed by atoms with E-state index in [1.165, 1.54) is 0 Å². The van der Waals surface area contributed by atoms with E-state index in [1.54, 1.807) is 0 Å². The molecule has 0 saturated carbocycles. The number of rotatable bonds is 6. The SMILES string of the molecule is Cc1nnc(CNCCCC(=O)O)n1C. The lowest BCUT2D eigenvalue weighted by Gasteiger charge is -2.03. The number of nitrogens with one attached hydrogen (secondary N) is 1. The van der Waals surface area contributed by atoms with Crippen LogP contribution >= 0.6 is 0 Å². The predicted octanol–water partition coefficient (Wildman–Crippen LogP) is 0.0779. The molecule has 15 heavy (non-hydrogen) atoms. The topological polar surface area (TPSA) is 80.0 Å². The van der Waals surface area contributed by atoms with Crippen molar-refractivity contribution in [1.29, 1.82) is 0 Å². The van der Waals surface area contributed by atoms with Crippen molar-refractivity contribution < 1.29 is 9.90 Å². The van der Waals surface area contributed by atoms with Gasteiger partial charge in [0.15, 0.2) is 0 Å². The Labute approximate surface area is 88.3 Å². The normalized spacial score (nSPS) is 10.5. The highest BCUT2D eigenvalue weighted by Gasteiger charge is 2.03. The molecule has 0 amide bonds. The fourth-order valence-electron chi connectivity index (χ4n) is 1.17. The summed E-state index contributed by atoms with van der Waals surface area (Å²) >= 11 is 0. The van der Waals surface area contributed by atoms with Crippen molar-refractivity contribution >= 4 is 5.97 Å². The van der Waals surface area contributed by atoms with Crippen LogP contribution in [0.3, 0.4) is 0 Å². The van der Waals surface area contributed by atoms with Crippen LogP contribution in [0.4, 0.5) is 0 Å². The van der Waals surface area contributed by atoms with E-state index in [-0.39, 0.29) is 6.42 Å². The lowest BCUT2D eigenvalue weighted by atomic mass is 10.3. The number of carboxylic acids is 1. The molecule has 0 unspecified atom stereocenters. The van der Waals surface area contributed by atoms with Gasteiger partial charge in [0, 0.05) is 13.5 Å². The van der Waals surface area contributed by atoms with E-state index in [1.807, 2.05) is 18.5 Å². The van der Waals surface area contributed by atoms with Gasteiger partial charge in [0.2, 0.25) is 0 Å². The number of hydrogen-bond donors (Lipinski definition) is 2. The second kappa shape index (κ2) is 5.45. The Morgan fingerprint density at radius 2 is 2.27 bits per heavy atom. The van der Waals surface area contributed by atoms with Crippen molar-refractivity contribution in [2.24, 2.45) is 7.05 Å². The summed E-state index contributed by atoms with van der Waals surface area (Å²) in [5, 5.41) is 19.5. The lowest BCUT2D eigenvalue weighted by Crippen LogP contribution is -2.18. The van der Waals surface area contributed by atoms with Gasteiger partial charge in [-0.1, -0.05) is 0 Å². The Balaban J connectivity index is 2.20. The van der Waals surface area contributed by atoms with Crippen LogP contribution in [0.25, 0.3) is 0 Å². The number of hydrogen-bond acceptors (Lipinski definition) is 4. The lowest BCUT2D eigenvalue weighted by molar-refractivity contribution is -0.137. The summed E-state index contributed by atoms with van der Waals surface area (Å²) in [6, 6.07) is 0. The number of carbonyl (C=O) groups is 1. The summed E-state index contributed by atoms with van der Waals surface area (Å²) < 4.78 is 1.91. The van der Waals surface area contributed by atoms with Crippen LogP contribution in [0.15, 0.2) is 0 Å². The molecule has 0 aliphatic heterocycles. The molecule has 6 nitrogen and oxygen atoms in total. The monoisotopic (exact) mass is 212 g/mol. The molecule has 0 fully saturated rings. The number of carboxylic acid groups (broad SMARTS) is 1. The van der Waals surface area contributed by atoms with Crippen LogP contribution in [0.2, 0.25) is 0 Å². The molecular formula is C9H16N4O2. The molecule has 1 aromatic heterocycles. The third-order valence-electron chi connectivity index (χ3n) is 2.21. The van der Waals surface area contributed by atoms with E-state index in [0.29, 0.717) is 19.5 Å². The third kappa shape index (κ3) is 3.67. The summed E-state index contributed by atoms with van der Waals surface area (Å²) in [6.07, 6.45) is 0.830. The van der Waals surface area contributed by atoms with Crippen LogP contribution in [0.5, 0.6) is 0 Å². The zero-order valence-electron chi connectivity index (χ0n) is 9.03. The standard InChI is InChI=1S/C9H16N4O2/c1-7-11-12-8(13(7)2)6-10-5-3-4-9(14)15/h10H,3-6H2,1-2H3,(H,14,15). The summed E-state index contributed by atoms with van der Waals surface area (Å²) in [6.45, 7) is 3.19. The maximum atomic E-state index is 10.2. The maximum absolute atomic E-state index is 10.2. The molecular weight excluding hydrogens is 196 g/mol. The van der Waals surface area contributed by atoms with E-state index in [9.17, 15) is 4.79 Å². The molecule has 2 N–H and O–H groups in total. The molecule has 0 aliphatic carbocycles. The van der Waals surface area contributed by atoms with Gasteiger partial charge in [-0.25, -0.2) is 0 Å². The van der Waals surface area contributed by atoms with E-state index in [2.05, 4.69) is 15.5 Å². The number of aliphatic carboxylic acids is 1. The maximum Gasteiger partial charge on any atom is 0.303 e. The number of aromatic nitrogens is 3. The third-order valence-corrected chi connectivity index (χ3v) is 2.21. The van der Waals surface area contributed by atoms with Gasteiger partial charge in [0.1, 0.15) is 11.6 Å². The Morgan fingerprint density at radius 1 is 1.53 bits per heavy atom. The summed E-state index contributed by atoms with van der Waals surface area (Å²) in [5.41, 5.74) is 0. The van der Waals surface area contributed by atoms with Crippen molar-refractivity contribution in [3.63, 3.8) is 0 Å². The van der Waals surface area contributed by atoms with E-state index in [4.69, 9.17) is 5.11 Å². The minimum Gasteiger partial charge on any atom is -0.481 e. The van der Waals surface area contributed by atoms with Gasteiger partial charge in [-0.05, 0) is 19.9 Å². The van der Waals surface area contributed by atoms with Crippen molar-refractivity contribution in [3.05, 3.63) is 11.6 Å². The molecule has 1 heterocycles. The first-order chi connectivity index (χ1) is 7.11. The van der Waals surface area contributed by atoms with Crippen molar-refractivity contribution in [2.45, 2.75) is 26.3 Å². The molecule has 1 aromatic rings. The summed E-state index contributed by atoms with van der Waals surface area (Å²) in [5.74, 6) is 0.978. The molecule has 0 radical (unpaired) electrons. The smallest absolute Gasteiger partial charge is 0.303 e. The number of nitrogens with zero attached hydrogens (tertiary/aromatic N) is 3. The van der Waals surface area contributed by atoms with E-state index in [0.717, 1.165) is 11.6 Å². The quantitative estimate of drug-likeness (QED) is 0.653. The van der Waals surface area contributed by atoms with Gasteiger partial charge in [0.05, 0.1) is 6.54 Å². The molecule has 0 atom stereocenters. The molecule has 0 saturated heterocycles. The van der Waals surface area contributed by atoms with E-state index >= 15 is 0 Å². The zero-order chi connectivity index (χ0) is 11.3. The summed E-state index contributed by atoms with van der Waals surface area (Å²) in [4.78, 5) is 10.2. The Hall–Kier alpha value is -1.43. The highest BCUT2D eigenvalue weighted by molar-refractivity contribution is 5.66. The molecule has 0 bridgehead atoms. The molecule has 1 rings (SSSR count). The minimum absolute atomic E-state index is 0.199. The minimum atomic E-state index is -0.758. The fraction of sp³-hybridized carbons (Fsp3) is 0.667. The Morgan fingerprint density at radius 3 is 2.80 bits per heavy atom.